The zero-order valence-electron chi connectivity index (χ0n) is 11.7. The Morgan fingerprint density at radius 1 is 1.15 bits per heavy atom. The van der Waals surface area contributed by atoms with Crippen LogP contribution < -0.4 is 4.74 Å². The van der Waals surface area contributed by atoms with Crippen molar-refractivity contribution in [2.24, 2.45) is 29.6 Å². The topological polar surface area (TPSA) is 26.3 Å². The third-order valence-corrected chi connectivity index (χ3v) is 6.24. The molecule has 104 valence electrons. The molecule has 0 saturated heterocycles. The molecule has 1 heterocycles. The van der Waals surface area contributed by atoms with Crippen LogP contribution in [-0.4, -0.2) is 12.4 Å². The minimum absolute atomic E-state index is 0.332. The van der Waals surface area contributed by atoms with E-state index in [9.17, 15) is 4.79 Å². The Kier molecular flexibility index (Phi) is 2.20. The van der Waals surface area contributed by atoms with Crippen LogP contribution in [0.1, 0.15) is 41.6 Å². The lowest BCUT2D eigenvalue weighted by molar-refractivity contribution is 0.0939. The molecule has 0 aromatic heterocycles. The van der Waals surface area contributed by atoms with Gasteiger partial charge in [-0.15, -0.1) is 0 Å². The van der Waals surface area contributed by atoms with E-state index in [1.54, 1.807) is 0 Å². The van der Waals surface area contributed by atoms with Crippen LogP contribution in [0.25, 0.3) is 0 Å². The number of carbonyl (C=O) groups is 1. The monoisotopic (exact) mass is 268 g/mol. The van der Waals surface area contributed by atoms with E-state index in [4.69, 9.17) is 4.74 Å². The van der Waals surface area contributed by atoms with Gasteiger partial charge in [0.05, 0.1) is 12.2 Å². The minimum Gasteiger partial charge on any atom is -0.493 e. The van der Waals surface area contributed by atoms with Crippen molar-refractivity contribution in [1.82, 2.24) is 0 Å². The Morgan fingerprint density at radius 3 is 2.75 bits per heavy atom. The highest BCUT2D eigenvalue weighted by Crippen LogP contribution is 2.70. The van der Waals surface area contributed by atoms with E-state index in [0.717, 1.165) is 54.4 Å². The number of fused-ring (bicyclic) bond motifs is 6. The highest BCUT2D eigenvalue weighted by molar-refractivity contribution is 6.03. The third-order valence-electron chi connectivity index (χ3n) is 6.24. The van der Waals surface area contributed by atoms with Gasteiger partial charge in [0.15, 0.2) is 5.78 Å². The molecule has 2 heteroatoms. The van der Waals surface area contributed by atoms with Gasteiger partial charge in [-0.3, -0.25) is 4.79 Å². The lowest BCUT2D eigenvalue weighted by Gasteiger charge is -2.20. The van der Waals surface area contributed by atoms with Crippen molar-refractivity contribution in [2.75, 3.05) is 6.61 Å². The Labute approximate surface area is 119 Å². The van der Waals surface area contributed by atoms with Crippen LogP contribution in [0.3, 0.4) is 0 Å². The molecular weight excluding hydrogens is 248 g/mol. The van der Waals surface area contributed by atoms with Crippen molar-refractivity contribution in [1.29, 1.82) is 0 Å². The average Bonchev–Trinajstić information content (AvgIpc) is 2.93. The first kappa shape index (κ1) is 11.4. The van der Waals surface area contributed by atoms with Crippen LogP contribution in [0.2, 0.25) is 0 Å². The molecule has 0 N–H and O–H groups in total. The summed E-state index contributed by atoms with van der Waals surface area (Å²) in [6, 6.07) is 6.14. The predicted octanol–water partition coefficient (Wildman–Crippen LogP) is 3.49. The van der Waals surface area contributed by atoms with E-state index in [1.807, 2.05) is 12.1 Å². The maximum atomic E-state index is 12.9. The Morgan fingerprint density at radius 2 is 1.95 bits per heavy atom. The summed E-state index contributed by atoms with van der Waals surface area (Å²) in [7, 11) is 0. The van der Waals surface area contributed by atoms with E-state index in [2.05, 4.69) is 6.07 Å². The fourth-order valence-electron chi connectivity index (χ4n) is 5.44. The molecule has 20 heavy (non-hydrogen) atoms. The van der Waals surface area contributed by atoms with Crippen molar-refractivity contribution in [3.63, 3.8) is 0 Å². The van der Waals surface area contributed by atoms with Gasteiger partial charge in [0, 0.05) is 5.92 Å². The smallest absolute Gasteiger partial charge is 0.170 e. The molecule has 0 radical (unpaired) electrons. The van der Waals surface area contributed by atoms with Crippen LogP contribution >= 0.6 is 0 Å². The maximum Gasteiger partial charge on any atom is 0.170 e. The number of rotatable bonds is 2. The summed E-state index contributed by atoms with van der Waals surface area (Å²) in [6.07, 6.45) is 6.28. The molecule has 2 nitrogen and oxygen atoms in total. The van der Waals surface area contributed by atoms with Gasteiger partial charge in [-0.05, 0) is 67.4 Å². The van der Waals surface area contributed by atoms with Crippen LogP contribution in [-0.2, 0) is 6.42 Å². The summed E-state index contributed by atoms with van der Waals surface area (Å²) in [5.74, 6) is 4.79. The van der Waals surface area contributed by atoms with Crippen molar-refractivity contribution < 1.29 is 9.53 Å². The van der Waals surface area contributed by atoms with Crippen molar-refractivity contribution in [2.45, 2.75) is 32.1 Å². The molecule has 2 bridgehead atoms. The van der Waals surface area contributed by atoms with Gasteiger partial charge in [-0.2, -0.15) is 0 Å². The second-order valence-corrected chi connectivity index (χ2v) is 7.12. The number of carbonyl (C=O) groups excluding carboxylic acids is 1. The number of hydrogen-bond acceptors (Lipinski definition) is 2. The van der Waals surface area contributed by atoms with Crippen molar-refractivity contribution in [3.8, 4) is 5.75 Å². The zero-order valence-corrected chi connectivity index (χ0v) is 11.7. The van der Waals surface area contributed by atoms with Gasteiger partial charge >= 0.3 is 0 Å². The molecule has 3 fully saturated rings. The second kappa shape index (κ2) is 3.87. The van der Waals surface area contributed by atoms with Gasteiger partial charge in [0.25, 0.3) is 0 Å². The normalized spacial score (nSPS) is 39.9. The lowest BCUT2D eigenvalue weighted by atomic mass is 9.93. The Hall–Kier alpha value is -1.31. The fraction of sp³-hybridized carbons (Fsp3) is 0.611. The van der Waals surface area contributed by atoms with E-state index in [1.165, 1.54) is 24.8 Å². The molecule has 1 aliphatic heterocycles. The number of ether oxygens (including phenoxy) is 1. The first-order chi connectivity index (χ1) is 9.84. The number of Topliss-reactive ketones (excluding diaryl/α,β-unsaturated/α-hetero) is 1. The molecule has 0 spiro atoms. The van der Waals surface area contributed by atoms with Crippen LogP contribution in [0, 0.1) is 29.6 Å². The highest BCUT2D eigenvalue weighted by atomic mass is 16.5. The van der Waals surface area contributed by atoms with Crippen LogP contribution in [0.4, 0.5) is 0 Å². The standard InChI is InChI=1S/C18H20O2/c19-17(16-14-11-6-7-12(9-11)15(14)16)13-5-1-3-10-4-2-8-20-18(10)13/h1,3,5,11-12,14-16H,2,4,6-9H2. The van der Waals surface area contributed by atoms with E-state index >= 15 is 0 Å². The number of hydrogen-bond donors (Lipinski definition) is 0. The fourth-order valence-corrected chi connectivity index (χ4v) is 5.44. The number of ketones is 1. The van der Waals surface area contributed by atoms with Gasteiger partial charge in [0.1, 0.15) is 5.75 Å². The summed E-state index contributed by atoms with van der Waals surface area (Å²) in [6.45, 7) is 0.764. The Balaban J connectivity index is 1.48. The second-order valence-electron chi connectivity index (χ2n) is 7.12. The Bertz CT molecular complexity index is 575. The molecule has 5 rings (SSSR count). The number of aryl methyl sites for hydroxylation is 1. The third kappa shape index (κ3) is 1.37. The molecule has 4 atom stereocenters. The molecule has 3 saturated carbocycles. The molecule has 1 aromatic carbocycles. The molecule has 1 aromatic rings. The zero-order chi connectivity index (χ0) is 13.3. The number of benzene rings is 1. The van der Waals surface area contributed by atoms with Gasteiger partial charge in [-0.1, -0.05) is 12.1 Å². The van der Waals surface area contributed by atoms with E-state index in [-0.39, 0.29) is 0 Å². The predicted molar refractivity (Wildman–Crippen MR) is 75.9 cm³/mol. The summed E-state index contributed by atoms with van der Waals surface area (Å²) < 4.78 is 5.82. The molecule has 0 amide bonds. The molecule has 3 aliphatic carbocycles. The minimum atomic E-state index is 0.332. The molecular formula is C18H20O2. The maximum absolute atomic E-state index is 12.9. The van der Waals surface area contributed by atoms with Gasteiger partial charge in [-0.25, -0.2) is 0 Å². The van der Waals surface area contributed by atoms with Crippen molar-refractivity contribution >= 4 is 5.78 Å². The SMILES string of the molecule is O=C(c1cccc2c1OCCC2)C1C2C3CCC(C3)C12. The molecule has 4 aliphatic rings. The number of para-hydroxylation sites is 1. The van der Waals surface area contributed by atoms with E-state index < -0.39 is 0 Å². The summed E-state index contributed by atoms with van der Waals surface area (Å²) >= 11 is 0. The summed E-state index contributed by atoms with van der Waals surface area (Å²) in [4.78, 5) is 12.9. The first-order valence-electron chi connectivity index (χ1n) is 8.13. The van der Waals surface area contributed by atoms with E-state index in [0.29, 0.717) is 11.7 Å². The highest BCUT2D eigenvalue weighted by Gasteiger charge is 2.67. The lowest BCUT2D eigenvalue weighted by Crippen LogP contribution is -2.16. The van der Waals surface area contributed by atoms with Gasteiger partial charge in [0.2, 0.25) is 0 Å². The van der Waals surface area contributed by atoms with Crippen LogP contribution in [0.15, 0.2) is 18.2 Å². The van der Waals surface area contributed by atoms with Crippen LogP contribution in [0.5, 0.6) is 5.75 Å². The molecule has 4 unspecified atom stereocenters. The summed E-state index contributed by atoms with van der Waals surface area (Å²) in [5, 5.41) is 0. The largest absolute Gasteiger partial charge is 0.493 e. The average molecular weight is 268 g/mol. The van der Waals surface area contributed by atoms with Gasteiger partial charge < -0.3 is 4.74 Å². The first-order valence-corrected chi connectivity index (χ1v) is 8.13. The summed E-state index contributed by atoms with van der Waals surface area (Å²) in [5.41, 5.74) is 2.11. The van der Waals surface area contributed by atoms with Crippen molar-refractivity contribution in [3.05, 3.63) is 29.3 Å². The quantitative estimate of drug-likeness (QED) is 0.768.